The van der Waals surface area contributed by atoms with Crippen LogP contribution in [0.4, 0.5) is 13.2 Å². The van der Waals surface area contributed by atoms with Gasteiger partial charge < -0.3 is 5.73 Å². The van der Waals surface area contributed by atoms with E-state index in [9.17, 15) is 13.2 Å². The summed E-state index contributed by atoms with van der Waals surface area (Å²) < 4.78 is 36.6. The molecular formula is C10H13F3N2. The lowest BCUT2D eigenvalue weighted by molar-refractivity contribution is -0.141. The van der Waals surface area contributed by atoms with Crippen LogP contribution in [0, 0.1) is 5.92 Å². The molecular weight excluding hydrogens is 205 g/mol. The summed E-state index contributed by atoms with van der Waals surface area (Å²) in [5.41, 5.74) is 5.51. The molecule has 0 aliphatic heterocycles. The number of rotatable bonds is 2. The van der Waals surface area contributed by atoms with Gasteiger partial charge in [-0.3, -0.25) is 4.98 Å². The number of hydrogen-bond donors (Lipinski definition) is 1. The molecule has 5 heteroatoms. The maximum absolute atomic E-state index is 12.2. The van der Waals surface area contributed by atoms with Gasteiger partial charge in [-0.1, -0.05) is 19.9 Å². The average molecular weight is 218 g/mol. The van der Waals surface area contributed by atoms with E-state index in [1.54, 1.807) is 0 Å². The fourth-order valence-corrected chi connectivity index (χ4v) is 1.16. The van der Waals surface area contributed by atoms with Gasteiger partial charge in [-0.2, -0.15) is 13.2 Å². The zero-order chi connectivity index (χ0) is 11.6. The number of hydrogen-bond acceptors (Lipinski definition) is 2. The Balaban J connectivity index is 2.91. The van der Waals surface area contributed by atoms with Crippen LogP contribution in [0.3, 0.4) is 0 Å². The van der Waals surface area contributed by atoms with Gasteiger partial charge in [0.1, 0.15) is 5.69 Å². The van der Waals surface area contributed by atoms with E-state index in [0.29, 0.717) is 5.56 Å². The first kappa shape index (κ1) is 12.0. The molecule has 1 aromatic rings. The Kier molecular flexibility index (Phi) is 3.34. The molecule has 1 aromatic heterocycles. The molecule has 0 aromatic carbocycles. The predicted molar refractivity (Wildman–Crippen MR) is 51.0 cm³/mol. The van der Waals surface area contributed by atoms with Crippen molar-refractivity contribution < 1.29 is 13.2 Å². The van der Waals surface area contributed by atoms with Gasteiger partial charge in [0.05, 0.1) is 0 Å². The summed E-state index contributed by atoms with van der Waals surface area (Å²) in [6.45, 7) is 3.81. The second-order valence-corrected chi connectivity index (χ2v) is 3.74. The van der Waals surface area contributed by atoms with E-state index in [2.05, 4.69) is 4.98 Å². The lowest BCUT2D eigenvalue weighted by Gasteiger charge is -2.16. The van der Waals surface area contributed by atoms with Crippen molar-refractivity contribution in [3.05, 3.63) is 29.6 Å². The zero-order valence-electron chi connectivity index (χ0n) is 8.55. The highest BCUT2D eigenvalue weighted by molar-refractivity contribution is 5.19. The van der Waals surface area contributed by atoms with Crippen LogP contribution in [0.25, 0.3) is 0 Å². The summed E-state index contributed by atoms with van der Waals surface area (Å²) in [6, 6.07) is 2.05. The van der Waals surface area contributed by atoms with Crippen LogP contribution in [0.5, 0.6) is 0 Å². The zero-order valence-corrected chi connectivity index (χ0v) is 8.55. The van der Waals surface area contributed by atoms with Gasteiger partial charge in [0, 0.05) is 12.2 Å². The van der Waals surface area contributed by atoms with Gasteiger partial charge in [0.15, 0.2) is 0 Å². The number of halogens is 3. The van der Waals surface area contributed by atoms with E-state index in [1.807, 2.05) is 13.8 Å². The molecule has 0 bridgehead atoms. The minimum absolute atomic E-state index is 0.170. The van der Waals surface area contributed by atoms with Crippen molar-refractivity contribution in [2.24, 2.45) is 11.7 Å². The molecule has 0 aliphatic carbocycles. The van der Waals surface area contributed by atoms with Crippen molar-refractivity contribution in [2.45, 2.75) is 26.1 Å². The second kappa shape index (κ2) is 4.18. The monoisotopic (exact) mass is 218 g/mol. The van der Waals surface area contributed by atoms with Crippen LogP contribution in [-0.2, 0) is 6.18 Å². The number of aromatic nitrogens is 1. The van der Waals surface area contributed by atoms with Crippen LogP contribution in [-0.4, -0.2) is 4.98 Å². The van der Waals surface area contributed by atoms with Crippen molar-refractivity contribution >= 4 is 0 Å². The van der Waals surface area contributed by atoms with Gasteiger partial charge >= 0.3 is 6.18 Å². The van der Waals surface area contributed by atoms with Crippen molar-refractivity contribution in [1.82, 2.24) is 4.98 Å². The Morgan fingerprint density at radius 3 is 2.20 bits per heavy atom. The average Bonchev–Trinajstić information content (AvgIpc) is 2.15. The standard InChI is InChI=1S/C10H13F3N2/c1-6(2)9(14)7-3-4-8(15-5-7)10(11,12)13/h3-6,9H,14H2,1-2H3/t9-/m1/s1. The van der Waals surface area contributed by atoms with Crippen LogP contribution in [0.1, 0.15) is 31.1 Å². The van der Waals surface area contributed by atoms with Crippen molar-refractivity contribution in [3.63, 3.8) is 0 Å². The van der Waals surface area contributed by atoms with Crippen molar-refractivity contribution in [3.8, 4) is 0 Å². The first-order valence-corrected chi connectivity index (χ1v) is 4.61. The third-order valence-corrected chi connectivity index (χ3v) is 2.18. The molecule has 1 atom stereocenters. The SMILES string of the molecule is CC(C)[C@@H](N)c1ccc(C(F)(F)F)nc1. The summed E-state index contributed by atoms with van der Waals surface area (Å²) in [4.78, 5) is 3.35. The van der Waals surface area contributed by atoms with E-state index in [1.165, 1.54) is 12.3 Å². The van der Waals surface area contributed by atoms with Crippen LogP contribution in [0.15, 0.2) is 18.3 Å². The third kappa shape index (κ3) is 2.92. The molecule has 0 amide bonds. The quantitative estimate of drug-likeness (QED) is 0.828. The van der Waals surface area contributed by atoms with E-state index < -0.39 is 11.9 Å². The maximum atomic E-state index is 12.2. The van der Waals surface area contributed by atoms with Gasteiger partial charge in [-0.15, -0.1) is 0 Å². The Morgan fingerprint density at radius 2 is 1.87 bits per heavy atom. The smallest absolute Gasteiger partial charge is 0.324 e. The molecule has 2 nitrogen and oxygen atoms in total. The molecule has 0 aliphatic rings. The fraction of sp³-hybridized carbons (Fsp3) is 0.500. The molecule has 0 saturated heterocycles. The van der Waals surface area contributed by atoms with Crippen LogP contribution in [0.2, 0.25) is 0 Å². The number of alkyl halides is 3. The van der Waals surface area contributed by atoms with Crippen LogP contribution >= 0.6 is 0 Å². The summed E-state index contributed by atoms with van der Waals surface area (Å²) in [6.07, 6.45) is -3.20. The molecule has 0 spiro atoms. The largest absolute Gasteiger partial charge is 0.433 e. The first-order chi connectivity index (χ1) is 6.82. The highest BCUT2D eigenvalue weighted by atomic mass is 19.4. The lowest BCUT2D eigenvalue weighted by atomic mass is 9.98. The summed E-state index contributed by atoms with van der Waals surface area (Å²) in [7, 11) is 0. The first-order valence-electron chi connectivity index (χ1n) is 4.61. The van der Waals surface area contributed by atoms with Gasteiger partial charge in [0.2, 0.25) is 0 Å². The molecule has 1 heterocycles. The van der Waals surface area contributed by atoms with E-state index in [4.69, 9.17) is 5.73 Å². The van der Waals surface area contributed by atoms with E-state index in [-0.39, 0.29) is 12.0 Å². The number of nitrogens with zero attached hydrogens (tertiary/aromatic N) is 1. The molecule has 1 rings (SSSR count). The summed E-state index contributed by atoms with van der Waals surface area (Å²) in [5, 5.41) is 0. The molecule has 2 N–H and O–H groups in total. The minimum Gasteiger partial charge on any atom is -0.324 e. The van der Waals surface area contributed by atoms with Gasteiger partial charge in [-0.05, 0) is 17.5 Å². The molecule has 84 valence electrons. The fourth-order valence-electron chi connectivity index (χ4n) is 1.16. The molecule has 0 unspecified atom stereocenters. The highest BCUT2D eigenvalue weighted by Gasteiger charge is 2.32. The third-order valence-electron chi connectivity index (χ3n) is 2.18. The minimum atomic E-state index is -4.39. The molecule has 15 heavy (non-hydrogen) atoms. The Bertz CT molecular complexity index is 316. The van der Waals surface area contributed by atoms with Crippen molar-refractivity contribution in [1.29, 1.82) is 0 Å². The Labute approximate surface area is 86.3 Å². The predicted octanol–water partition coefficient (Wildman–Crippen LogP) is 2.76. The number of pyridine rings is 1. The normalized spacial score (nSPS) is 14.3. The highest BCUT2D eigenvalue weighted by Crippen LogP contribution is 2.28. The van der Waals surface area contributed by atoms with Crippen LogP contribution < -0.4 is 5.73 Å². The number of nitrogens with two attached hydrogens (primary N) is 1. The summed E-state index contributed by atoms with van der Waals surface area (Å²) >= 11 is 0. The van der Waals surface area contributed by atoms with Crippen molar-refractivity contribution in [2.75, 3.05) is 0 Å². The maximum Gasteiger partial charge on any atom is 0.433 e. The summed E-state index contributed by atoms with van der Waals surface area (Å²) in [5.74, 6) is 0.170. The van der Waals surface area contributed by atoms with Gasteiger partial charge in [0.25, 0.3) is 0 Å². The molecule has 0 radical (unpaired) electrons. The van der Waals surface area contributed by atoms with E-state index >= 15 is 0 Å². The second-order valence-electron chi connectivity index (χ2n) is 3.74. The molecule has 0 fully saturated rings. The van der Waals surface area contributed by atoms with E-state index in [0.717, 1.165) is 6.07 Å². The Hall–Kier alpha value is -1.10. The Morgan fingerprint density at radius 1 is 1.27 bits per heavy atom. The lowest BCUT2D eigenvalue weighted by Crippen LogP contribution is -2.17. The van der Waals surface area contributed by atoms with Gasteiger partial charge in [-0.25, -0.2) is 0 Å². The topological polar surface area (TPSA) is 38.9 Å². The molecule has 0 saturated carbocycles.